The molecule has 1 unspecified atom stereocenters. The fourth-order valence-corrected chi connectivity index (χ4v) is 3.39. The Hall–Kier alpha value is -3.59. The quantitative estimate of drug-likeness (QED) is 0.584. The van der Waals surface area contributed by atoms with Crippen LogP contribution in [0.2, 0.25) is 0 Å². The zero-order chi connectivity index (χ0) is 21.1. The lowest BCUT2D eigenvalue weighted by Gasteiger charge is -2.33. The number of methoxy groups -OCH3 is 1. The van der Waals surface area contributed by atoms with Crippen LogP contribution in [-0.4, -0.2) is 58.2 Å². The summed E-state index contributed by atoms with van der Waals surface area (Å²) in [6, 6.07) is 10.2. The number of nitrogens with zero attached hydrogens (tertiary/aromatic N) is 5. The standard InChI is InChI=1S/C21H21N5O4/c1-25-19(27)11-16(15-7-8-22-13-23-15)24-21(25)26-9-10-30-18(12-26)20(28)14-5-3-4-6-17(14)29-2/h3-8,11,13,18H,9-10,12H2,1-2H3. The van der Waals surface area contributed by atoms with Crippen LogP contribution in [0.25, 0.3) is 11.4 Å². The Balaban J connectivity index is 1.64. The summed E-state index contributed by atoms with van der Waals surface area (Å²) in [5, 5.41) is 0. The van der Waals surface area contributed by atoms with E-state index in [-0.39, 0.29) is 17.9 Å². The van der Waals surface area contributed by atoms with Crippen LogP contribution in [0, 0.1) is 0 Å². The smallest absolute Gasteiger partial charge is 0.255 e. The highest BCUT2D eigenvalue weighted by atomic mass is 16.5. The number of hydrogen-bond donors (Lipinski definition) is 0. The number of rotatable bonds is 5. The molecule has 1 aliphatic rings. The summed E-state index contributed by atoms with van der Waals surface area (Å²) in [4.78, 5) is 40.2. The molecular formula is C21H21N5O4. The molecule has 0 aliphatic carbocycles. The maximum absolute atomic E-state index is 13.1. The van der Waals surface area contributed by atoms with Crippen LogP contribution in [0.3, 0.4) is 0 Å². The summed E-state index contributed by atoms with van der Waals surface area (Å²) < 4.78 is 12.5. The topological polar surface area (TPSA) is 99.4 Å². The van der Waals surface area contributed by atoms with Crippen molar-refractivity contribution in [3.63, 3.8) is 0 Å². The number of morpholine rings is 1. The summed E-state index contributed by atoms with van der Waals surface area (Å²) in [5.74, 6) is 0.783. The second-order valence-corrected chi connectivity index (χ2v) is 6.80. The molecule has 3 heterocycles. The molecule has 0 spiro atoms. The van der Waals surface area contributed by atoms with E-state index in [1.807, 2.05) is 11.0 Å². The molecule has 0 amide bonds. The molecule has 9 nitrogen and oxygen atoms in total. The number of ketones is 1. The van der Waals surface area contributed by atoms with Gasteiger partial charge in [-0.1, -0.05) is 12.1 Å². The third kappa shape index (κ3) is 3.79. The van der Waals surface area contributed by atoms with Gasteiger partial charge in [0.2, 0.25) is 5.95 Å². The van der Waals surface area contributed by atoms with Crippen LogP contribution in [-0.2, 0) is 11.8 Å². The van der Waals surface area contributed by atoms with Crippen LogP contribution >= 0.6 is 0 Å². The fourth-order valence-electron chi connectivity index (χ4n) is 3.39. The predicted octanol–water partition coefficient (Wildman–Crippen LogP) is 1.33. The van der Waals surface area contributed by atoms with Crippen molar-refractivity contribution in [2.45, 2.75) is 6.10 Å². The molecule has 9 heteroatoms. The third-order valence-electron chi connectivity index (χ3n) is 4.97. The largest absolute Gasteiger partial charge is 0.496 e. The minimum atomic E-state index is -0.699. The van der Waals surface area contributed by atoms with E-state index in [0.29, 0.717) is 41.8 Å². The predicted molar refractivity (Wildman–Crippen MR) is 110 cm³/mol. The molecule has 30 heavy (non-hydrogen) atoms. The Morgan fingerprint density at radius 3 is 2.83 bits per heavy atom. The van der Waals surface area contributed by atoms with E-state index in [1.54, 1.807) is 37.5 Å². The highest BCUT2D eigenvalue weighted by molar-refractivity contribution is 6.02. The van der Waals surface area contributed by atoms with E-state index in [4.69, 9.17) is 9.47 Å². The van der Waals surface area contributed by atoms with Crippen LogP contribution in [0.15, 0.2) is 53.7 Å². The summed E-state index contributed by atoms with van der Waals surface area (Å²) in [6.45, 7) is 1.10. The third-order valence-corrected chi connectivity index (χ3v) is 4.97. The molecule has 4 rings (SSSR count). The van der Waals surface area contributed by atoms with E-state index < -0.39 is 6.10 Å². The number of carbonyl (C=O) groups excluding carboxylic acids is 1. The number of para-hydroxylation sites is 1. The highest BCUT2D eigenvalue weighted by Gasteiger charge is 2.31. The van der Waals surface area contributed by atoms with E-state index >= 15 is 0 Å². The monoisotopic (exact) mass is 407 g/mol. The first-order valence-electron chi connectivity index (χ1n) is 9.46. The van der Waals surface area contributed by atoms with Gasteiger partial charge in [0.25, 0.3) is 5.56 Å². The molecule has 0 saturated carbocycles. The molecule has 1 fully saturated rings. The normalized spacial score (nSPS) is 16.3. The Morgan fingerprint density at radius 1 is 1.23 bits per heavy atom. The van der Waals surface area contributed by atoms with Crippen LogP contribution < -0.4 is 15.2 Å². The van der Waals surface area contributed by atoms with Gasteiger partial charge in [0, 0.05) is 25.9 Å². The number of aromatic nitrogens is 4. The maximum atomic E-state index is 13.1. The first-order chi connectivity index (χ1) is 14.6. The zero-order valence-corrected chi connectivity index (χ0v) is 16.7. The van der Waals surface area contributed by atoms with Crippen molar-refractivity contribution in [2.24, 2.45) is 7.05 Å². The Kier molecular flexibility index (Phi) is 5.53. The first kappa shape index (κ1) is 19.7. The number of Topliss-reactive ketones (excluding diaryl/α,β-unsaturated/α-hetero) is 1. The van der Waals surface area contributed by atoms with Crippen molar-refractivity contribution in [1.82, 2.24) is 19.5 Å². The number of ether oxygens (including phenoxy) is 2. The van der Waals surface area contributed by atoms with Crippen LogP contribution in [0.5, 0.6) is 5.75 Å². The lowest BCUT2D eigenvalue weighted by atomic mass is 10.0. The number of anilines is 1. The lowest BCUT2D eigenvalue weighted by molar-refractivity contribution is 0.0334. The first-order valence-corrected chi connectivity index (χ1v) is 9.46. The fraction of sp³-hybridized carbons (Fsp3) is 0.286. The average Bonchev–Trinajstić information content (AvgIpc) is 2.81. The second kappa shape index (κ2) is 8.42. The summed E-state index contributed by atoms with van der Waals surface area (Å²) in [6.07, 6.45) is 2.30. The highest BCUT2D eigenvalue weighted by Crippen LogP contribution is 2.23. The summed E-state index contributed by atoms with van der Waals surface area (Å²) >= 11 is 0. The van der Waals surface area contributed by atoms with Crippen molar-refractivity contribution in [3.8, 4) is 17.1 Å². The van der Waals surface area contributed by atoms with Crippen LogP contribution in [0.1, 0.15) is 10.4 Å². The van der Waals surface area contributed by atoms with Gasteiger partial charge in [-0.15, -0.1) is 0 Å². The van der Waals surface area contributed by atoms with Gasteiger partial charge in [0.15, 0.2) is 5.78 Å². The zero-order valence-electron chi connectivity index (χ0n) is 16.7. The van der Waals surface area contributed by atoms with E-state index in [0.717, 1.165) is 0 Å². The average molecular weight is 407 g/mol. The molecule has 0 N–H and O–H groups in total. The van der Waals surface area contributed by atoms with Crippen LogP contribution in [0.4, 0.5) is 5.95 Å². The van der Waals surface area contributed by atoms with E-state index in [9.17, 15) is 9.59 Å². The molecule has 154 valence electrons. The molecule has 0 radical (unpaired) electrons. The van der Waals surface area contributed by atoms with Crippen molar-refractivity contribution in [2.75, 3.05) is 31.7 Å². The minimum absolute atomic E-state index is 0.172. The van der Waals surface area contributed by atoms with Crippen molar-refractivity contribution >= 4 is 11.7 Å². The molecular weight excluding hydrogens is 386 g/mol. The molecule has 3 aromatic rings. The Bertz CT molecular complexity index is 1120. The molecule has 2 aromatic heterocycles. The summed E-state index contributed by atoms with van der Waals surface area (Å²) in [5.41, 5.74) is 1.25. The van der Waals surface area contributed by atoms with Gasteiger partial charge in [0.05, 0.1) is 37.2 Å². The van der Waals surface area contributed by atoms with Gasteiger partial charge in [-0.2, -0.15) is 0 Å². The summed E-state index contributed by atoms with van der Waals surface area (Å²) in [7, 11) is 3.18. The Labute approximate surface area is 172 Å². The Morgan fingerprint density at radius 2 is 2.07 bits per heavy atom. The maximum Gasteiger partial charge on any atom is 0.255 e. The number of benzene rings is 1. The lowest BCUT2D eigenvalue weighted by Crippen LogP contribution is -2.48. The van der Waals surface area contributed by atoms with Gasteiger partial charge < -0.3 is 14.4 Å². The second-order valence-electron chi connectivity index (χ2n) is 6.80. The number of carbonyl (C=O) groups is 1. The van der Waals surface area contributed by atoms with Gasteiger partial charge in [-0.25, -0.2) is 15.0 Å². The van der Waals surface area contributed by atoms with E-state index in [1.165, 1.54) is 24.1 Å². The SMILES string of the molecule is COc1ccccc1C(=O)C1CN(c2nc(-c3ccncn3)cc(=O)n2C)CCO1. The molecule has 1 aromatic carbocycles. The van der Waals surface area contributed by atoms with E-state index in [2.05, 4.69) is 15.0 Å². The molecule has 0 bridgehead atoms. The van der Waals surface area contributed by atoms with Gasteiger partial charge in [0.1, 0.15) is 18.2 Å². The van der Waals surface area contributed by atoms with Crippen molar-refractivity contribution in [3.05, 3.63) is 64.8 Å². The molecule has 1 aliphatic heterocycles. The van der Waals surface area contributed by atoms with Crippen molar-refractivity contribution < 1.29 is 14.3 Å². The number of hydrogen-bond acceptors (Lipinski definition) is 8. The molecule has 1 saturated heterocycles. The van der Waals surface area contributed by atoms with Crippen molar-refractivity contribution in [1.29, 1.82) is 0 Å². The minimum Gasteiger partial charge on any atom is -0.496 e. The van der Waals surface area contributed by atoms with Gasteiger partial charge in [-0.3, -0.25) is 14.2 Å². The molecule has 1 atom stereocenters. The van der Waals surface area contributed by atoms with Gasteiger partial charge >= 0.3 is 0 Å². The van der Waals surface area contributed by atoms with Gasteiger partial charge in [-0.05, 0) is 18.2 Å².